The molecule has 0 bridgehead atoms. The Hall–Kier alpha value is -1.10. The van der Waals surface area contributed by atoms with Gasteiger partial charge in [0.25, 0.3) is 0 Å². The largest absolute Gasteiger partial charge is 0.550 e. The Morgan fingerprint density at radius 3 is 1.50 bits per heavy atom. The average Bonchev–Trinajstić information content (AvgIpc) is 2.71. The van der Waals surface area contributed by atoms with Gasteiger partial charge in [0, 0.05) is 18.8 Å². The summed E-state index contributed by atoms with van der Waals surface area (Å²) in [7, 11) is 5.86. The van der Waals surface area contributed by atoms with Crippen molar-refractivity contribution in [1.29, 1.82) is 0 Å². The quantitative estimate of drug-likeness (QED) is 0.0902. The van der Waals surface area contributed by atoms with Crippen LogP contribution in [0.3, 0.4) is 0 Å². The molecule has 0 N–H and O–H groups in total. The highest BCUT2D eigenvalue weighted by Crippen LogP contribution is 2.18. The fraction of sp³-hybridized carbons (Fsp3) is 0.931. The number of hydrogen-bond donors (Lipinski definition) is 0. The molecule has 0 aliphatic carbocycles. The van der Waals surface area contributed by atoms with Crippen molar-refractivity contribution in [2.75, 3.05) is 27.7 Å². The number of unbranched alkanes of at least 4 members (excludes halogenated alkanes) is 15. The lowest BCUT2D eigenvalue weighted by atomic mass is 9.98. The smallest absolute Gasteiger partial charge is 0.306 e. The fourth-order valence-corrected chi connectivity index (χ4v) is 4.60. The third-order valence-electron chi connectivity index (χ3n) is 6.51. The van der Waals surface area contributed by atoms with E-state index in [0.717, 1.165) is 12.8 Å². The molecule has 5 nitrogen and oxygen atoms in total. The van der Waals surface area contributed by atoms with Crippen molar-refractivity contribution in [2.45, 2.75) is 142 Å². The van der Waals surface area contributed by atoms with Crippen LogP contribution < -0.4 is 5.11 Å². The molecule has 0 aromatic carbocycles. The molecule has 0 radical (unpaired) electrons. The predicted octanol–water partition coefficient (Wildman–Crippen LogP) is 6.42. The molecule has 202 valence electrons. The van der Waals surface area contributed by atoms with E-state index in [1.54, 1.807) is 0 Å². The Morgan fingerprint density at radius 1 is 0.706 bits per heavy atom. The molecule has 0 spiro atoms. The van der Waals surface area contributed by atoms with Gasteiger partial charge in [0.2, 0.25) is 0 Å². The van der Waals surface area contributed by atoms with Gasteiger partial charge in [-0.05, 0) is 5.92 Å². The van der Waals surface area contributed by atoms with E-state index in [-0.39, 0.29) is 18.3 Å². The first-order valence-corrected chi connectivity index (χ1v) is 14.3. The van der Waals surface area contributed by atoms with E-state index in [1.807, 2.05) is 21.1 Å². The highest BCUT2D eigenvalue weighted by atomic mass is 16.5. The number of hydrogen-bond acceptors (Lipinski definition) is 4. The summed E-state index contributed by atoms with van der Waals surface area (Å²) in [5.41, 5.74) is 0. The number of carbonyl (C=O) groups is 2. The van der Waals surface area contributed by atoms with Crippen LogP contribution >= 0.6 is 0 Å². The predicted molar refractivity (Wildman–Crippen MR) is 140 cm³/mol. The van der Waals surface area contributed by atoms with Gasteiger partial charge in [0.15, 0.2) is 6.10 Å². The van der Waals surface area contributed by atoms with Gasteiger partial charge in [-0.15, -0.1) is 0 Å². The van der Waals surface area contributed by atoms with Gasteiger partial charge in [0.1, 0.15) is 6.54 Å². The zero-order valence-corrected chi connectivity index (χ0v) is 23.4. The molecule has 5 heteroatoms. The first kappa shape index (κ1) is 32.9. The van der Waals surface area contributed by atoms with Crippen LogP contribution in [-0.4, -0.2) is 50.2 Å². The summed E-state index contributed by atoms with van der Waals surface area (Å²) in [6.45, 7) is 4.82. The minimum atomic E-state index is -1.17. The summed E-state index contributed by atoms with van der Waals surface area (Å²) in [4.78, 5) is 23.2. The van der Waals surface area contributed by atoms with Gasteiger partial charge in [0.05, 0.1) is 21.1 Å². The van der Waals surface area contributed by atoms with Crippen LogP contribution in [0.15, 0.2) is 0 Å². The van der Waals surface area contributed by atoms with Crippen molar-refractivity contribution in [2.24, 2.45) is 5.92 Å². The molecule has 0 amide bonds. The van der Waals surface area contributed by atoms with E-state index in [4.69, 9.17) is 4.74 Å². The van der Waals surface area contributed by atoms with Crippen LogP contribution in [-0.2, 0) is 14.3 Å². The van der Waals surface area contributed by atoms with Crippen molar-refractivity contribution < 1.29 is 23.9 Å². The normalized spacial score (nSPS) is 13.6. The summed E-state index contributed by atoms with van der Waals surface area (Å²) in [6.07, 6.45) is 22.3. The first-order valence-electron chi connectivity index (χ1n) is 14.3. The molecule has 0 heterocycles. The number of likely N-dealkylation sites (N-methyl/N-ethyl adjacent to an activating group) is 1. The number of carbonyl (C=O) groups excluding carboxylic acids is 2. The lowest BCUT2D eigenvalue weighted by molar-refractivity contribution is -0.873. The average molecular weight is 484 g/mol. The van der Waals surface area contributed by atoms with Crippen molar-refractivity contribution in [1.82, 2.24) is 0 Å². The lowest BCUT2D eigenvalue weighted by Gasteiger charge is -2.29. The van der Waals surface area contributed by atoms with Crippen molar-refractivity contribution in [3.63, 3.8) is 0 Å². The second-order valence-corrected chi connectivity index (χ2v) is 11.6. The van der Waals surface area contributed by atoms with Crippen molar-refractivity contribution >= 4 is 11.9 Å². The second kappa shape index (κ2) is 21.2. The molecule has 2 atom stereocenters. The number of rotatable bonds is 24. The molecule has 34 heavy (non-hydrogen) atoms. The van der Waals surface area contributed by atoms with Gasteiger partial charge in [-0.25, -0.2) is 0 Å². The maximum Gasteiger partial charge on any atom is 0.306 e. The van der Waals surface area contributed by atoms with Gasteiger partial charge in [-0.2, -0.15) is 0 Å². The highest BCUT2D eigenvalue weighted by molar-refractivity contribution is 5.71. The molecule has 0 rings (SSSR count). The number of aliphatic carboxylic acids is 1. The van der Waals surface area contributed by atoms with Crippen molar-refractivity contribution in [3.05, 3.63) is 0 Å². The molecule has 0 saturated heterocycles. The molecule has 0 aromatic heterocycles. The third-order valence-corrected chi connectivity index (χ3v) is 6.51. The number of ether oxygens (including phenoxy) is 1. The van der Waals surface area contributed by atoms with Crippen LogP contribution in [0.25, 0.3) is 0 Å². The van der Waals surface area contributed by atoms with E-state index >= 15 is 0 Å². The van der Waals surface area contributed by atoms with E-state index in [0.29, 0.717) is 17.4 Å². The molecule has 0 aliphatic heterocycles. The number of quaternary nitrogens is 1. The summed E-state index contributed by atoms with van der Waals surface area (Å²) in [5.74, 6) is -1.19. The molecule has 0 fully saturated rings. The molecular formula is C29H57NO4. The van der Waals surface area contributed by atoms with Crippen LogP contribution in [0.5, 0.6) is 0 Å². The zero-order valence-electron chi connectivity index (χ0n) is 23.4. The minimum Gasteiger partial charge on any atom is -0.550 e. The topological polar surface area (TPSA) is 66.4 Å². The van der Waals surface area contributed by atoms with E-state index in [2.05, 4.69) is 13.8 Å². The maximum absolute atomic E-state index is 12.3. The number of carboxylic acid groups (broad SMARTS) is 1. The van der Waals surface area contributed by atoms with Crippen LogP contribution in [0.2, 0.25) is 0 Å². The van der Waals surface area contributed by atoms with E-state index in [9.17, 15) is 14.7 Å². The summed E-state index contributed by atoms with van der Waals surface area (Å²) >= 11 is 0. The van der Waals surface area contributed by atoms with Crippen LogP contribution in [0, 0.1) is 5.92 Å². The maximum atomic E-state index is 12.3. The van der Waals surface area contributed by atoms with Gasteiger partial charge >= 0.3 is 5.97 Å². The summed E-state index contributed by atoms with van der Waals surface area (Å²) in [5, 5.41) is 11.0. The molecular weight excluding hydrogens is 426 g/mol. The number of esters is 1. The molecule has 0 saturated carbocycles. The third kappa shape index (κ3) is 24.0. The Labute approximate surface area is 211 Å². The minimum absolute atomic E-state index is 0.241. The van der Waals surface area contributed by atoms with E-state index < -0.39 is 12.1 Å². The van der Waals surface area contributed by atoms with Gasteiger partial charge in [-0.1, -0.05) is 123 Å². The Bertz CT molecular complexity index is 501. The van der Waals surface area contributed by atoms with Crippen LogP contribution in [0.1, 0.15) is 136 Å². The molecule has 0 aliphatic rings. The number of nitrogens with zero attached hydrogens (tertiary/aromatic N) is 1. The Balaban J connectivity index is 3.63. The fourth-order valence-electron chi connectivity index (χ4n) is 4.60. The van der Waals surface area contributed by atoms with E-state index in [1.165, 1.54) is 96.3 Å². The monoisotopic (exact) mass is 483 g/mol. The lowest BCUT2D eigenvalue weighted by Crippen LogP contribution is -2.45. The van der Waals surface area contributed by atoms with Gasteiger partial charge < -0.3 is 19.1 Å². The summed E-state index contributed by atoms with van der Waals surface area (Å²) < 4.78 is 6.01. The SMILES string of the molecule is CCCCCCCCCCCCCCCCCCC(C)CC(=O)OC(CC(=O)[O-])C[N+](C)(C)C. The standard InChI is InChI=1S/C29H57NO4/c1-6-7-8-9-10-11-12-13-14-15-16-17-18-19-20-21-22-26(2)23-29(33)34-27(24-28(31)32)25-30(3,4)5/h26-27H,6-25H2,1-5H3. The van der Waals surface area contributed by atoms with Crippen LogP contribution in [0.4, 0.5) is 0 Å². The summed E-state index contributed by atoms with van der Waals surface area (Å²) in [6, 6.07) is 0. The zero-order chi connectivity index (χ0) is 25.7. The first-order chi connectivity index (χ1) is 16.1. The molecule has 2 unspecified atom stereocenters. The Kier molecular flexibility index (Phi) is 20.5. The second-order valence-electron chi connectivity index (χ2n) is 11.6. The van der Waals surface area contributed by atoms with Gasteiger partial charge in [-0.3, -0.25) is 4.79 Å². The molecule has 0 aromatic rings. The highest BCUT2D eigenvalue weighted by Gasteiger charge is 2.23. The number of carboxylic acids is 1. The Morgan fingerprint density at radius 2 is 1.12 bits per heavy atom. The van der Waals surface area contributed by atoms with Crippen molar-refractivity contribution in [3.8, 4) is 0 Å².